The van der Waals surface area contributed by atoms with E-state index in [1.165, 1.54) is 32.2 Å². The monoisotopic (exact) mass is 624 g/mol. The van der Waals surface area contributed by atoms with E-state index < -0.39 is 58.0 Å². The molecule has 0 aliphatic rings. The lowest BCUT2D eigenvalue weighted by Gasteiger charge is -2.25. The Kier molecular flexibility index (Phi) is 9.86. The quantitative estimate of drug-likeness (QED) is 0.304. The Morgan fingerprint density at radius 1 is 1.05 bits per heavy atom. The van der Waals surface area contributed by atoms with Gasteiger partial charge in [0.25, 0.3) is 0 Å². The van der Waals surface area contributed by atoms with Crippen molar-refractivity contribution in [3.05, 3.63) is 82.8 Å². The normalized spacial score (nSPS) is 12.9. The number of alkyl halides is 3. The maximum atomic E-state index is 14.9. The van der Waals surface area contributed by atoms with Crippen molar-refractivity contribution in [1.82, 2.24) is 14.4 Å². The molecule has 1 aromatic heterocycles. The Balaban J connectivity index is 1.81. The molecular weight excluding hydrogens is 592 g/mol. The zero-order valence-electron chi connectivity index (χ0n) is 24.3. The van der Waals surface area contributed by atoms with Gasteiger partial charge in [-0.05, 0) is 64.4 Å². The molecular formula is C29H32F4N4O5S. The molecule has 1 unspecified atom stereocenters. The van der Waals surface area contributed by atoms with Crippen molar-refractivity contribution in [1.29, 1.82) is 0 Å². The van der Waals surface area contributed by atoms with E-state index >= 15 is 0 Å². The number of benzene rings is 2. The minimum atomic E-state index is -4.70. The summed E-state index contributed by atoms with van der Waals surface area (Å²) in [6, 6.07) is 12.4. The molecule has 0 saturated heterocycles. The number of rotatable bonds is 8. The SMILES string of the molecule is Cc1cccc(-c2nc(C(F)(F)F)ccc2N(C)C(=O)C(C)c2ccc(CNS(=O)(=O)NC(=O)OC(C)(C)C)c(F)c2)c1. The van der Waals surface area contributed by atoms with E-state index in [-0.39, 0.29) is 22.5 Å². The average molecular weight is 625 g/mol. The van der Waals surface area contributed by atoms with E-state index in [9.17, 15) is 35.6 Å². The number of halogens is 4. The second-order valence-electron chi connectivity index (χ2n) is 10.8. The summed E-state index contributed by atoms with van der Waals surface area (Å²) < 4.78 is 88.2. The van der Waals surface area contributed by atoms with Crippen LogP contribution in [0.25, 0.3) is 11.3 Å². The number of hydrogen-bond donors (Lipinski definition) is 2. The molecule has 1 atom stereocenters. The van der Waals surface area contributed by atoms with Gasteiger partial charge in [-0.25, -0.2) is 18.9 Å². The molecule has 0 aliphatic carbocycles. The van der Waals surface area contributed by atoms with Gasteiger partial charge in [-0.2, -0.15) is 26.3 Å². The van der Waals surface area contributed by atoms with Crippen LogP contribution in [-0.2, 0) is 32.5 Å². The van der Waals surface area contributed by atoms with Crippen molar-refractivity contribution in [2.24, 2.45) is 0 Å². The van der Waals surface area contributed by atoms with Crippen LogP contribution in [0.5, 0.6) is 0 Å². The predicted octanol–water partition coefficient (Wildman–Crippen LogP) is 5.84. The fourth-order valence-electron chi connectivity index (χ4n) is 4.03. The van der Waals surface area contributed by atoms with Crippen LogP contribution in [-0.4, -0.2) is 38.1 Å². The van der Waals surface area contributed by atoms with Gasteiger partial charge in [0.1, 0.15) is 17.1 Å². The lowest BCUT2D eigenvalue weighted by Crippen LogP contribution is -2.42. The van der Waals surface area contributed by atoms with Crippen molar-refractivity contribution in [3.63, 3.8) is 0 Å². The predicted molar refractivity (Wildman–Crippen MR) is 153 cm³/mol. The Hall–Kier alpha value is -4.04. The van der Waals surface area contributed by atoms with Crippen LogP contribution in [0, 0.1) is 12.7 Å². The zero-order chi connectivity index (χ0) is 32.3. The van der Waals surface area contributed by atoms with E-state index in [4.69, 9.17) is 4.74 Å². The van der Waals surface area contributed by atoms with E-state index in [0.29, 0.717) is 5.56 Å². The van der Waals surface area contributed by atoms with Crippen LogP contribution >= 0.6 is 0 Å². The van der Waals surface area contributed by atoms with Gasteiger partial charge in [-0.15, -0.1) is 0 Å². The number of nitrogens with zero attached hydrogens (tertiary/aromatic N) is 2. The fourth-order valence-corrected chi connectivity index (χ4v) is 4.71. The molecule has 2 aromatic carbocycles. The van der Waals surface area contributed by atoms with E-state index in [2.05, 4.69) is 4.98 Å². The number of hydrogen-bond acceptors (Lipinski definition) is 6. The smallest absolute Gasteiger partial charge is 0.433 e. The largest absolute Gasteiger partial charge is 0.443 e. The summed E-state index contributed by atoms with van der Waals surface area (Å²) in [6.07, 6.45) is -5.91. The minimum absolute atomic E-state index is 0.0459. The molecule has 0 radical (unpaired) electrons. The number of amides is 2. The van der Waals surface area contributed by atoms with Crippen molar-refractivity contribution >= 4 is 27.9 Å². The number of carbonyl (C=O) groups excluding carboxylic acids is 2. The Bertz CT molecular complexity index is 1620. The third-order valence-corrected chi connectivity index (χ3v) is 7.12. The number of likely N-dealkylation sites (N-methyl/N-ethyl adjacent to an activating group) is 1. The van der Waals surface area contributed by atoms with Crippen LogP contribution in [0.1, 0.15) is 56.0 Å². The Morgan fingerprint density at radius 2 is 1.72 bits per heavy atom. The third kappa shape index (κ3) is 8.97. The molecule has 0 fully saturated rings. The standard InChI is InChI=1S/C29H32F4N4O5S/c1-17-8-7-9-20(14-17)25-23(12-13-24(35-25)29(31,32)33)37(6)26(38)18(2)19-10-11-21(22(30)15-19)16-34-43(40,41)36-27(39)42-28(3,4)5/h7-15,18,34H,16H2,1-6H3,(H,36,39). The van der Waals surface area contributed by atoms with Gasteiger partial charge in [-0.1, -0.05) is 35.9 Å². The number of anilines is 1. The summed E-state index contributed by atoms with van der Waals surface area (Å²) in [5.41, 5.74) is -0.638. The zero-order valence-corrected chi connectivity index (χ0v) is 25.2. The second kappa shape index (κ2) is 12.7. The van der Waals surface area contributed by atoms with E-state index in [0.717, 1.165) is 22.6 Å². The summed E-state index contributed by atoms with van der Waals surface area (Å²) in [5, 5.41) is 0. The highest BCUT2D eigenvalue weighted by atomic mass is 32.2. The highest BCUT2D eigenvalue weighted by Crippen LogP contribution is 2.36. The van der Waals surface area contributed by atoms with Crippen LogP contribution < -0.4 is 14.3 Å². The summed E-state index contributed by atoms with van der Waals surface area (Å²) >= 11 is 0. The average Bonchev–Trinajstić information content (AvgIpc) is 2.88. The number of carbonyl (C=O) groups is 2. The molecule has 0 saturated carbocycles. The van der Waals surface area contributed by atoms with Gasteiger partial charge in [0.05, 0.1) is 17.3 Å². The summed E-state index contributed by atoms with van der Waals surface area (Å²) in [4.78, 5) is 30.2. The molecule has 0 aliphatic heterocycles. The van der Waals surface area contributed by atoms with E-state index in [1.807, 2.05) is 4.72 Å². The summed E-state index contributed by atoms with van der Waals surface area (Å²) in [7, 11) is -2.98. The van der Waals surface area contributed by atoms with Crippen LogP contribution in [0.2, 0.25) is 0 Å². The van der Waals surface area contributed by atoms with Gasteiger partial charge >= 0.3 is 22.5 Å². The number of pyridine rings is 1. The Labute approximate surface area is 247 Å². The molecule has 43 heavy (non-hydrogen) atoms. The van der Waals surface area contributed by atoms with Gasteiger partial charge in [-0.3, -0.25) is 4.79 Å². The lowest BCUT2D eigenvalue weighted by atomic mass is 9.97. The molecule has 1 heterocycles. The number of ether oxygens (including phenoxy) is 1. The fraction of sp³-hybridized carbons (Fsp3) is 0.345. The van der Waals surface area contributed by atoms with Gasteiger partial charge < -0.3 is 9.64 Å². The molecule has 3 rings (SSSR count). The highest BCUT2D eigenvalue weighted by molar-refractivity contribution is 7.88. The maximum Gasteiger partial charge on any atom is 0.433 e. The van der Waals surface area contributed by atoms with Gasteiger partial charge in [0.2, 0.25) is 5.91 Å². The highest BCUT2D eigenvalue weighted by Gasteiger charge is 2.34. The summed E-state index contributed by atoms with van der Waals surface area (Å²) in [5.74, 6) is -2.31. The number of nitrogens with one attached hydrogen (secondary N) is 2. The first-order valence-electron chi connectivity index (χ1n) is 13.0. The second-order valence-corrected chi connectivity index (χ2v) is 12.3. The van der Waals surface area contributed by atoms with Crippen LogP contribution in [0.15, 0.2) is 54.6 Å². The van der Waals surface area contributed by atoms with Crippen LogP contribution in [0.4, 0.5) is 28.0 Å². The molecule has 9 nitrogen and oxygen atoms in total. The van der Waals surface area contributed by atoms with Gasteiger partial charge in [0.15, 0.2) is 0 Å². The summed E-state index contributed by atoms with van der Waals surface area (Å²) in [6.45, 7) is 7.42. The van der Waals surface area contributed by atoms with Gasteiger partial charge in [0, 0.05) is 24.7 Å². The Morgan fingerprint density at radius 3 is 2.30 bits per heavy atom. The third-order valence-electron chi connectivity index (χ3n) is 6.16. The molecule has 0 spiro atoms. The van der Waals surface area contributed by atoms with E-state index in [1.54, 1.807) is 56.7 Å². The molecule has 232 valence electrons. The van der Waals surface area contributed by atoms with Crippen molar-refractivity contribution in [2.75, 3.05) is 11.9 Å². The first-order chi connectivity index (χ1) is 19.8. The number of aromatic nitrogens is 1. The molecule has 2 amide bonds. The number of aryl methyl sites for hydroxylation is 1. The minimum Gasteiger partial charge on any atom is -0.443 e. The molecule has 0 bridgehead atoms. The molecule has 3 aromatic rings. The first kappa shape index (κ1) is 33.5. The topological polar surface area (TPSA) is 118 Å². The molecule has 14 heteroatoms. The first-order valence-corrected chi connectivity index (χ1v) is 14.5. The lowest BCUT2D eigenvalue weighted by molar-refractivity contribution is -0.141. The maximum absolute atomic E-state index is 14.9. The van der Waals surface area contributed by atoms with Crippen molar-refractivity contribution < 1.29 is 40.3 Å². The van der Waals surface area contributed by atoms with Crippen molar-refractivity contribution in [3.8, 4) is 11.3 Å². The van der Waals surface area contributed by atoms with Crippen molar-refractivity contribution in [2.45, 2.75) is 58.9 Å². The molecule has 2 N–H and O–H groups in total. The van der Waals surface area contributed by atoms with Crippen LogP contribution in [0.3, 0.4) is 0 Å².